The fraction of sp³-hybridized carbons (Fsp3) is 0.263. The predicted molar refractivity (Wildman–Crippen MR) is 94.9 cm³/mol. The predicted octanol–water partition coefficient (Wildman–Crippen LogP) is 4.67. The highest BCUT2D eigenvalue weighted by Crippen LogP contribution is 2.46. The Morgan fingerprint density at radius 3 is 2.36 bits per heavy atom. The largest absolute Gasteiger partial charge is 0.344 e. The lowest BCUT2D eigenvalue weighted by atomic mass is 9.97. The summed E-state index contributed by atoms with van der Waals surface area (Å²) in [4.78, 5) is 4.76. The van der Waals surface area contributed by atoms with Gasteiger partial charge in [-0.2, -0.15) is 0 Å². The Labute approximate surface area is 136 Å². The maximum atomic E-state index is 6.27. The minimum atomic E-state index is 0.789. The van der Waals surface area contributed by atoms with Crippen LogP contribution in [0.3, 0.4) is 0 Å². The monoisotopic (exact) mass is 310 g/mol. The molecule has 0 aromatic heterocycles. The summed E-state index contributed by atoms with van der Waals surface area (Å²) in [5.74, 6) is 0. The number of fused-ring (bicyclic) bond motifs is 4. The minimum absolute atomic E-state index is 0.789. The zero-order valence-electron chi connectivity index (χ0n) is 12.9. The number of likely N-dealkylation sites (N-methyl/N-ethyl adjacent to an activating group) is 1. The van der Waals surface area contributed by atoms with Crippen molar-refractivity contribution in [2.75, 3.05) is 31.6 Å². The third kappa shape index (κ3) is 1.98. The van der Waals surface area contributed by atoms with E-state index in [2.05, 4.69) is 60.2 Å². The third-order valence-electron chi connectivity index (χ3n) is 4.81. The molecule has 0 unspecified atom stereocenters. The number of anilines is 2. The van der Waals surface area contributed by atoms with Crippen LogP contribution in [-0.2, 0) is 0 Å². The van der Waals surface area contributed by atoms with E-state index in [0.29, 0.717) is 0 Å². The first-order valence-corrected chi connectivity index (χ1v) is 8.14. The Morgan fingerprint density at radius 1 is 0.955 bits per heavy atom. The highest BCUT2D eigenvalue weighted by atomic mass is 35.5. The van der Waals surface area contributed by atoms with E-state index in [1.807, 2.05) is 6.07 Å². The van der Waals surface area contributed by atoms with Crippen LogP contribution in [0.2, 0.25) is 5.02 Å². The van der Waals surface area contributed by atoms with Crippen LogP contribution in [-0.4, -0.2) is 31.6 Å². The number of para-hydroxylation sites is 1. The summed E-state index contributed by atoms with van der Waals surface area (Å²) < 4.78 is 0. The average Bonchev–Trinajstić information content (AvgIpc) is 2.94. The van der Waals surface area contributed by atoms with E-state index in [9.17, 15) is 0 Å². The van der Waals surface area contributed by atoms with Gasteiger partial charge in [0.15, 0.2) is 0 Å². The lowest BCUT2D eigenvalue weighted by Crippen LogP contribution is -2.21. The van der Waals surface area contributed by atoms with E-state index in [0.717, 1.165) is 24.7 Å². The molecule has 2 aliphatic heterocycles. The van der Waals surface area contributed by atoms with Crippen molar-refractivity contribution in [1.82, 2.24) is 4.90 Å². The fourth-order valence-corrected chi connectivity index (χ4v) is 3.77. The molecule has 0 spiro atoms. The van der Waals surface area contributed by atoms with E-state index in [4.69, 9.17) is 11.6 Å². The van der Waals surface area contributed by atoms with Crippen LogP contribution in [0.1, 0.15) is 18.1 Å². The van der Waals surface area contributed by atoms with Crippen molar-refractivity contribution in [2.24, 2.45) is 0 Å². The molecule has 0 aliphatic carbocycles. The van der Waals surface area contributed by atoms with E-state index in [1.165, 1.54) is 33.6 Å². The molecule has 0 fully saturated rings. The summed E-state index contributed by atoms with van der Waals surface area (Å²) in [6.45, 7) is 5.35. The topological polar surface area (TPSA) is 6.48 Å². The van der Waals surface area contributed by atoms with Gasteiger partial charge < -0.3 is 4.90 Å². The van der Waals surface area contributed by atoms with Gasteiger partial charge in [-0.15, -0.1) is 0 Å². The maximum Gasteiger partial charge on any atom is 0.0500 e. The van der Waals surface area contributed by atoms with E-state index >= 15 is 0 Å². The van der Waals surface area contributed by atoms with Gasteiger partial charge in [0.2, 0.25) is 0 Å². The molecule has 0 saturated heterocycles. The smallest absolute Gasteiger partial charge is 0.0500 e. The van der Waals surface area contributed by atoms with Gasteiger partial charge in [0, 0.05) is 47.7 Å². The number of hydrogen-bond acceptors (Lipinski definition) is 2. The number of benzene rings is 2. The van der Waals surface area contributed by atoms with Gasteiger partial charge in [-0.05, 0) is 35.9 Å². The zero-order valence-corrected chi connectivity index (χ0v) is 13.7. The molecule has 2 aromatic carbocycles. The Hall–Kier alpha value is -1.77. The molecule has 2 heterocycles. The fourth-order valence-electron chi connectivity index (χ4n) is 3.60. The van der Waals surface area contributed by atoms with Crippen LogP contribution in [0.5, 0.6) is 0 Å². The Bertz CT molecular complexity index is 779. The van der Waals surface area contributed by atoms with Crippen LogP contribution in [0.15, 0.2) is 42.5 Å². The summed E-state index contributed by atoms with van der Waals surface area (Å²) in [5.41, 5.74) is 8.03. The highest BCUT2D eigenvalue weighted by Gasteiger charge is 2.30. The number of halogens is 1. The number of hydrogen-bond donors (Lipinski definition) is 0. The molecule has 0 N–H and O–H groups in total. The Morgan fingerprint density at radius 2 is 1.64 bits per heavy atom. The van der Waals surface area contributed by atoms with Gasteiger partial charge in [-0.3, -0.25) is 4.90 Å². The molecular weight excluding hydrogens is 292 g/mol. The van der Waals surface area contributed by atoms with Crippen molar-refractivity contribution in [3.63, 3.8) is 0 Å². The average molecular weight is 311 g/mol. The first-order valence-electron chi connectivity index (χ1n) is 7.76. The number of rotatable bonds is 1. The summed E-state index contributed by atoms with van der Waals surface area (Å²) in [6, 6.07) is 14.9. The molecule has 0 amide bonds. The molecular formula is C19H19ClN2. The van der Waals surface area contributed by atoms with Crippen LogP contribution in [0.4, 0.5) is 11.4 Å². The highest BCUT2D eigenvalue weighted by molar-refractivity contribution is 6.31. The van der Waals surface area contributed by atoms with Crippen molar-refractivity contribution < 1.29 is 0 Å². The van der Waals surface area contributed by atoms with Gasteiger partial charge >= 0.3 is 0 Å². The normalized spacial score (nSPS) is 17.1. The molecule has 22 heavy (non-hydrogen) atoms. The maximum absolute atomic E-state index is 6.27. The molecule has 2 aliphatic rings. The molecule has 4 rings (SSSR count). The molecule has 0 bridgehead atoms. The molecule has 2 aromatic rings. The zero-order chi connectivity index (χ0) is 15.3. The first kappa shape index (κ1) is 13.9. The number of nitrogens with zero attached hydrogens (tertiary/aromatic N) is 2. The molecule has 2 nitrogen and oxygen atoms in total. The van der Waals surface area contributed by atoms with Crippen LogP contribution in [0, 0.1) is 0 Å². The van der Waals surface area contributed by atoms with Crippen LogP contribution >= 0.6 is 11.6 Å². The van der Waals surface area contributed by atoms with Gasteiger partial charge in [0.25, 0.3) is 0 Å². The second-order valence-corrected chi connectivity index (χ2v) is 6.43. The third-order valence-corrected chi connectivity index (χ3v) is 5.05. The Balaban J connectivity index is 2.01. The standard InChI is InChI=1S/C19H19ClN2/c1-3-22-11-16-14-6-4-5-7-18(14)21(2)19-10-13(20)8-9-15(19)17(16)12-22/h4-10H,3,11-12H2,1-2H3. The molecule has 3 heteroatoms. The van der Waals surface area contributed by atoms with Crippen molar-refractivity contribution in [1.29, 1.82) is 0 Å². The van der Waals surface area contributed by atoms with E-state index < -0.39 is 0 Å². The van der Waals surface area contributed by atoms with Crippen molar-refractivity contribution >= 4 is 34.1 Å². The first-order chi connectivity index (χ1) is 10.7. The van der Waals surface area contributed by atoms with Gasteiger partial charge in [-0.25, -0.2) is 0 Å². The summed E-state index contributed by atoms with van der Waals surface area (Å²) in [7, 11) is 2.13. The Kier molecular flexibility index (Phi) is 3.24. The lowest BCUT2D eigenvalue weighted by Gasteiger charge is -2.24. The second-order valence-electron chi connectivity index (χ2n) is 6.00. The lowest BCUT2D eigenvalue weighted by molar-refractivity contribution is 0.380. The minimum Gasteiger partial charge on any atom is -0.344 e. The second kappa shape index (κ2) is 5.15. The molecule has 112 valence electrons. The van der Waals surface area contributed by atoms with Gasteiger partial charge in [0.1, 0.15) is 0 Å². The van der Waals surface area contributed by atoms with Gasteiger partial charge in [-0.1, -0.05) is 42.8 Å². The summed E-state index contributed by atoms with van der Waals surface area (Å²) >= 11 is 6.27. The van der Waals surface area contributed by atoms with Gasteiger partial charge in [0.05, 0.1) is 0 Å². The van der Waals surface area contributed by atoms with Crippen molar-refractivity contribution in [3.8, 4) is 0 Å². The van der Waals surface area contributed by atoms with Crippen molar-refractivity contribution in [3.05, 3.63) is 58.6 Å². The molecule has 0 saturated carbocycles. The summed E-state index contributed by atoms with van der Waals surface area (Å²) in [5, 5.41) is 0.789. The van der Waals surface area contributed by atoms with E-state index in [-0.39, 0.29) is 0 Å². The van der Waals surface area contributed by atoms with Crippen LogP contribution < -0.4 is 4.90 Å². The molecule has 0 atom stereocenters. The molecule has 0 radical (unpaired) electrons. The SMILES string of the molecule is CCN1CC2=C(C1)c1ccc(Cl)cc1N(C)c1ccccc12. The van der Waals surface area contributed by atoms with Crippen molar-refractivity contribution in [2.45, 2.75) is 6.92 Å². The quantitative estimate of drug-likeness (QED) is 0.755. The van der Waals surface area contributed by atoms with Crippen LogP contribution in [0.25, 0.3) is 11.1 Å². The van der Waals surface area contributed by atoms with E-state index in [1.54, 1.807) is 0 Å². The summed E-state index contributed by atoms with van der Waals surface area (Å²) in [6.07, 6.45) is 0.